The second kappa shape index (κ2) is 6.37. The van der Waals surface area contributed by atoms with E-state index >= 15 is 0 Å². The van der Waals surface area contributed by atoms with Crippen LogP contribution in [0.25, 0.3) is 11.3 Å². The third-order valence-corrected chi connectivity index (χ3v) is 4.60. The molecule has 0 saturated heterocycles. The van der Waals surface area contributed by atoms with E-state index < -0.39 is 11.6 Å². The van der Waals surface area contributed by atoms with Crippen LogP contribution in [0.15, 0.2) is 47.0 Å². The van der Waals surface area contributed by atoms with Gasteiger partial charge in [0.1, 0.15) is 28.7 Å². The van der Waals surface area contributed by atoms with Gasteiger partial charge in [0.05, 0.1) is 5.69 Å². The van der Waals surface area contributed by atoms with Crippen LogP contribution in [0.1, 0.15) is 28.1 Å². The lowest BCUT2D eigenvalue weighted by molar-refractivity contribution is 0.0984. The fourth-order valence-electron chi connectivity index (χ4n) is 3.38. The average molecular weight is 354 g/mol. The lowest BCUT2D eigenvalue weighted by Gasteiger charge is -2.29. The van der Waals surface area contributed by atoms with E-state index in [1.165, 1.54) is 11.0 Å². The highest BCUT2D eigenvalue weighted by atomic mass is 19.1. The lowest BCUT2D eigenvalue weighted by Crippen LogP contribution is -2.36. The molecule has 0 aliphatic carbocycles. The van der Waals surface area contributed by atoms with Gasteiger partial charge in [-0.3, -0.25) is 4.79 Å². The molecule has 0 saturated carbocycles. The number of carbonyl (C=O) groups excluding carboxylic acids is 1. The molecule has 26 heavy (non-hydrogen) atoms. The second-order valence-electron chi connectivity index (χ2n) is 6.27. The Kier molecular flexibility index (Phi) is 4.03. The van der Waals surface area contributed by atoms with E-state index in [0.29, 0.717) is 42.0 Å². The number of aryl methyl sites for hydroxylation is 1. The van der Waals surface area contributed by atoms with E-state index in [-0.39, 0.29) is 11.6 Å². The summed E-state index contributed by atoms with van der Waals surface area (Å²) in [6.45, 7) is 2.04. The van der Waals surface area contributed by atoms with Crippen LogP contribution in [0, 0.1) is 18.6 Å². The van der Waals surface area contributed by atoms with E-state index in [1.54, 1.807) is 6.92 Å². The van der Waals surface area contributed by atoms with Crippen molar-refractivity contribution in [3.63, 3.8) is 0 Å². The largest absolute Gasteiger partial charge is 0.360 e. The van der Waals surface area contributed by atoms with E-state index in [2.05, 4.69) is 5.16 Å². The van der Waals surface area contributed by atoms with Crippen molar-refractivity contribution in [2.45, 2.75) is 19.8 Å². The zero-order valence-corrected chi connectivity index (χ0v) is 14.1. The monoisotopic (exact) mass is 354 g/mol. The Morgan fingerprint density at radius 2 is 1.96 bits per heavy atom. The molecule has 0 spiro atoms. The molecule has 0 radical (unpaired) electrons. The summed E-state index contributed by atoms with van der Waals surface area (Å²) in [7, 11) is 0. The zero-order chi connectivity index (χ0) is 18.3. The summed E-state index contributed by atoms with van der Waals surface area (Å²) in [5.74, 6) is -1.32. The van der Waals surface area contributed by atoms with Gasteiger partial charge in [-0.1, -0.05) is 35.5 Å². The van der Waals surface area contributed by atoms with Crippen molar-refractivity contribution in [1.82, 2.24) is 5.16 Å². The van der Waals surface area contributed by atoms with Crippen molar-refractivity contribution in [3.8, 4) is 11.3 Å². The molecule has 6 heteroatoms. The van der Waals surface area contributed by atoms with Crippen LogP contribution in [0.2, 0.25) is 0 Å². The van der Waals surface area contributed by atoms with E-state index in [9.17, 15) is 13.6 Å². The van der Waals surface area contributed by atoms with Crippen molar-refractivity contribution < 1.29 is 18.1 Å². The fraction of sp³-hybridized carbons (Fsp3) is 0.200. The maximum atomic E-state index is 14.1. The van der Waals surface area contributed by atoms with Gasteiger partial charge in [-0.05, 0) is 25.8 Å². The summed E-state index contributed by atoms with van der Waals surface area (Å²) in [5, 5.41) is 4.02. The summed E-state index contributed by atoms with van der Waals surface area (Å²) in [6.07, 6.45) is 1.08. The SMILES string of the molecule is Cc1onc(-c2ccccc2)c1C(=O)N1CCCc2c(F)cc(F)cc21. The van der Waals surface area contributed by atoms with Crippen molar-refractivity contribution in [2.24, 2.45) is 0 Å². The van der Waals surface area contributed by atoms with E-state index in [0.717, 1.165) is 11.6 Å². The third-order valence-electron chi connectivity index (χ3n) is 4.60. The molecule has 1 amide bonds. The van der Waals surface area contributed by atoms with Gasteiger partial charge in [-0.25, -0.2) is 8.78 Å². The quantitative estimate of drug-likeness (QED) is 0.680. The first-order chi connectivity index (χ1) is 12.6. The number of hydrogen-bond acceptors (Lipinski definition) is 3. The van der Waals surface area contributed by atoms with Crippen LogP contribution < -0.4 is 4.90 Å². The highest BCUT2D eigenvalue weighted by Crippen LogP contribution is 2.34. The fourth-order valence-corrected chi connectivity index (χ4v) is 3.38. The number of nitrogens with zero attached hydrogens (tertiary/aromatic N) is 2. The predicted octanol–water partition coefficient (Wildman–Crippen LogP) is 4.52. The number of halogens is 2. The number of hydrogen-bond donors (Lipinski definition) is 0. The minimum Gasteiger partial charge on any atom is -0.360 e. The molecule has 1 aliphatic rings. The Balaban J connectivity index is 1.81. The number of amides is 1. The Morgan fingerprint density at radius 1 is 1.19 bits per heavy atom. The van der Waals surface area contributed by atoms with Crippen molar-refractivity contribution in [2.75, 3.05) is 11.4 Å². The molecule has 1 aliphatic heterocycles. The average Bonchev–Trinajstić information content (AvgIpc) is 3.03. The maximum absolute atomic E-state index is 14.1. The molecule has 4 nitrogen and oxygen atoms in total. The molecular weight excluding hydrogens is 338 g/mol. The molecule has 132 valence electrons. The molecule has 3 aromatic rings. The topological polar surface area (TPSA) is 46.3 Å². The van der Waals surface area contributed by atoms with E-state index in [1.807, 2.05) is 30.3 Å². The summed E-state index contributed by atoms with van der Waals surface area (Å²) < 4.78 is 33.1. The van der Waals surface area contributed by atoms with E-state index in [4.69, 9.17) is 4.52 Å². The first-order valence-corrected chi connectivity index (χ1v) is 8.37. The number of benzene rings is 2. The first kappa shape index (κ1) is 16.4. The molecule has 2 aromatic carbocycles. The number of rotatable bonds is 2. The summed E-state index contributed by atoms with van der Waals surface area (Å²) >= 11 is 0. The molecule has 4 rings (SSSR count). The third kappa shape index (κ3) is 2.67. The highest BCUT2D eigenvalue weighted by Gasteiger charge is 2.31. The molecule has 0 N–H and O–H groups in total. The highest BCUT2D eigenvalue weighted by molar-refractivity contribution is 6.10. The van der Waals surface area contributed by atoms with Gasteiger partial charge in [0, 0.05) is 23.7 Å². The molecule has 1 aromatic heterocycles. The first-order valence-electron chi connectivity index (χ1n) is 8.37. The van der Waals surface area contributed by atoms with Crippen LogP contribution in [0.3, 0.4) is 0 Å². The lowest BCUT2D eigenvalue weighted by atomic mass is 9.98. The number of carbonyl (C=O) groups is 1. The predicted molar refractivity (Wildman–Crippen MR) is 93.0 cm³/mol. The number of aromatic nitrogens is 1. The Hall–Kier alpha value is -3.02. The molecule has 0 fully saturated rings. The summed E-state index contributed by atoms with van der Waals surface area (Å²) in [4.78, 5) is 14.7. The van der Waals surface area contributed by atoms with Gasteiger partial charge in [-0.15, -0.1) is 0 Å². The minimum atomic E-state index is -0.703. The Labute approximate surface area is 149 Å². The normalized spacial score (nSPS) is 13.6. The number of fused-ring (bicyclic) bond motifs is 1. The van der Waals surface area contributed by atoms with Crippen molar-refractivity contribution in [1.29, 1.82) is 0 Å². The van der Waals surface area contributed by atoms with Gasteiger partial charge in [0.15, 0.2) is 0 Å². The molecule has 0 unspecified atom stereocenters. The van der Waals surface area contributed by atoms with Crippen LogP contribution in [-0.2, 0) is 6.42 Å². The molecule has 0 atom stereocenters. The van der Waals surface area contributed by atoms with Gasteiger partial charge >= 0.3 is 0 Å². The van der Waals surface area contributed by atoms with Crippen LogP contribution in [-0.4, -0.2) is 17.6 Å². The molecule has 0 bridgehead atoms. The van der Waals surface area contributed by atoms with Gasteiger partial charge < -0.3 is 9.42 Å². The van der Waals surface area contributed by atoms with Gasteiger partial charge in [-0.2, -0.15) is 0 Å². The van der Waals surface area contributed by atoms with Gasteiger partial charge in [0.2, 0.25) is 0 Å². The number of anilines is 1. The maximum Gasteiger partial charge on any atom is 0.264 e. The van der Waals surface area contributed by atoms with Crippen LogP contribution in [0.4, 0.5) is 14.5 Å². The Morgan fingerprint density at radius 3 is 2.73 bits per heavy atom. The Bertz CT molecular complexity index is 983. The smallest absolute Gasteiger partial charge is 0.264 e. The standard InChI is InChI=1S/C20H16F2N2O2/c1-12-18(19(23-26-12)13-6-3-2-4-7-13)20(25)24-9-5-8-15-16(22)10-14(21)11-17(15)24/h2-4,6-7,10-11H,5,8-9H2,1H3. The van der Waals surface area contributed by atoms with Crippen LogP contribution in [0.5, 0.6) is 0 Å². The summed E-state index contributed by atoms with van der Waals surface area (Å²) in [6, 6.07) is 11.3. The van der Waals surface area contributed by atoms with Crippen molar-refractivity contribution in [3.05, 3.63) is 71.0 Å². The van der Waals surface area contributed by atoms with Crippen LogP contribution >= 0.6 is 0 Å². The van der Waals surface area contributed by atoms with Crippen molar-refractivity contribution >= 4 is 11.6 Å². The second-order valence-corrected chi connectivity index (χ2v) is 6.27. The zero-order valence-electron chi connectivity index (χ0n) is 14.1. The van der Waals surface area contributed by atoms with Gasteiger partial charge in [0.25, 0.3) is 5.91 Å². The molecule has 2 heterocycles. The molecular formula is C20H16F2N2O2. The minimum absolute atomic E-state index is 0.276. The summed E-state index contributed by atoms with van der Waals surface area (Å²) in [5.41, 5.74) is 2.13.